The van der Waals surface area contributed by atoms with Crippen LogP contribution < -0.4 is 0 Å². The van der Waals surface area contributed by atoms with Gasteiger partial charge in [-0.1, -0.05) is 65.2 Å². The van der Waals surface area contributed by atoms with Gasteiger partial charge in [0, 0.05) is 0 Å². The molecule has 0 N–H and O–H groups in total. The van der Waals surface area contributed by atoms with Crippen molar-refractivity contribution >= 4 is 52.5 Å². The molecule has 4 atom stereocenters. The number of carbonyl (C=O) groups is 3. The van der Waals surface area contributed by atoms with Crippen LogP contribution in [0.3, 0.4) is 0 Å². The summed E-state index contributed by atoms with van der Waals surface area (Å²) in [4.78, 5) is 40.2. The number of benzene rings is 2. The minimum atomic E-state index is -0.529. The smallest absolute Gasteiger partial charge is 0.272 e. The van der Waals surface area contributed by atoms with E-state index in [0.717, 1.165) is 11.4 Å². The standard InChI is InChI=1S/C23H17Cl3N2O3/c24-16-4-2-1-3-15(16)21(29)27(11-12-5-8-17(25)18(26)9-12)28-22(30)19-13-6-7-14(10-13)20(19)23(28)31/h1-9,13-14,19-20H,10-11H2/t13-,14-,19-,20-/m0/s1. The molecule has 0 unspecified atom stereocenters. The van der Waals surface area contributed by atoms with E-state index in [2.05, 4.69) is 0 Å². The molecule has 2 aromatic carbocycles. The fourth-order valence-corrected chi connectivity index (χ4v) is 5.48. The highest BCUT2D eigenvalue weighted by atomic mass is 35.5. The van der Waals surface area contributed by atoms with E-state index < -0.39 is 17.7 Å². The Morgan fingerprint density at radius 1 is 0.903 bits per heavy atom. The number of halogens is 3. The minimum absolute atomic E-state index is 0.0272. The third-order valence-corrected chi connectivity index (χ3v) is 7.41. The zero-order chi connectivity index (χ0) is 21.9. The maximum absolute atomic E-state index is 13.5. The Morgan fingerprint density at radius 2 is 1.55 bits per heavy atom. The van der Waals surface area contributed by atoms with E-state index in [1.54, 1.807) is 42.5 Å². The summed E-state index contributed by atoms with van der Waals surface area (Å²) >= 11 is 18.4. The van der Waals surface area contributed by atoms with Crippen molar-refractivity contribution in [2.75, 3.05) is 0 Å². The molecule has 158 valence electrons. The molecule has 1 saturated heterocycles. The van der Waals surface area contributed by atoms with Crippen LogP contribution >= 0.6 is 34.8 Å². The van der Waals surface area contributed by atoms with E-state index in [1.165, 1.54) is 5.01 Å². The van der Waals surface area contributed by atoms with E-state index in [4.69, 9.17) is 34.8 Å². The molecule has 2 aromatic rings. The highest BCUT2D eigenvalue weighted by Gasteiger charge is 2.61. The van der Waals surface area contributed by atoms with E-state index >= 15 is 0 Å². The second-order valence-electron chi connectivity index (χ2n) is 8.08. The molecule has 2 bridgehead atoms. The van der Waals surface area contributed by atoms with Gasteiger partial charge in [-0.05, 0) is 48.1 Å². The van der Waals surface area contributed by atoms with E-state index in [1.807, 2.05) is 12.2 Å². The number of imide groups is 1. The Bertz CT molecular complexity index is 1120. The molecule has 5 nitrogen and oxygen atoms in total. The van der Waals surface area contributed by atoms with Gasteiger partial charge in [-0.3, -0.25) is 14.4 Å². The molecular weight excluding hydrogens is 459 g/mol. The number of amides is 3. The summed E-state index contributed by atoms with van der Waals surface area (Å²) in [5.74, 6) is -1.97. The van der Waals surface area contributed by atoms with E-state index in [9.17, 15) is 14.4 Å². The van der Waals surface area contributed by atoms with Gasteiger partial charge in [0.15, 0.2) is 0 Å². The molecule has 8 heteroatoms. The summed E-state index contributed by atoms with van der Waals surface area (Å²) in [6, 6.07) is 11.5. The molecule has 1 aliphatic heterocycles. The molecule has 3 aliphatic rings. The van der Waals surface area contributed by atoms with Crippen LogP contribution in [0.5, 0.6) is 0 Å². The number of nitrogens with zero attached hydrogens (tertiary/aromatic N) is 2. The van der Waals surface area contributed by atoms with Crippen molar-refractivity contribution < 1.29 is 14.4 Å². The van der Waals surface area contributed by atoms with Crippen molar-refractivity contribution in [3.8, 4) is 0 Å². The first-order chi connectivity index (χ1) is 14.9. The van der Waals surface area contributed by atoms with Gasteiger partial charge in [0.25, 0.3) is 17.7 Å². The van der Waals surface area contributed by atoms with Crippen LogP contribution in [-0.2, 0) is 16.1 Å². The van der Waals surface area contributed by atoms with Gasteiger partial charge in [0.2, 0.25) is 0 Å². The summed E-state index contributed by atoms with van der Waals surface area (Å²) in [5.41, 5.74) is 0.844. The van der Waals surface area contributed by atoms with Crippen molar-refractivity contribution in [3.05, 3.63) is 80.8 Å². The number of fused-ring (bicyclic) bond motifs is 5. The van der Waals surface area contributed by atoms with Gasteiger partial charge in [-0.15, -0.1) is 0 Å². The predicted octanol–water partition coefficient (Wildman–Crippen LogP) is 5.01. The van der Waals surface area contributed by atoms with Crippen molar-refractivity contribution in [1.29, 1.82) is 0 Å². The first-order valence-corrected chi connectivity index (χ1v) is 11.1. The first-order valence-electron chi connectivity index (χ1n) is 9.93. The van der Waals surface area contributed by atoms with Gasteiger partial charge in [0.05, 0.1) is 39.0 Å². The average molecular weight is 476 g/mol. The molecular formula is C23H17Cl3N2O3. The topological polar surface area (TPSA) is 57.7 Å². The maximum atomic E-state index is 13.5. The molecule has 0 radical (unpaired) electrons. The third-order valence-electron chi connectivity index (χ3n) is 6.34. The van der Waals surface area contributed by atoms with Crippen LogP contribution in [0.2, 0.25) is 15.1 Å². The minimum Gasteiger partial charge on any atom is -0.272 e. The first kappa shape index (κ1) is 20.6. The molecule has 1 heterocycles. The van der Waals surface area contributed by atoms with Crippen molar-refractivity contribution in [1.82, 2.24) is 10.0 Å². The zero-order valence-electron chi connectivity index (χ0n) is 16.2. The summed E-state index contributed by atoms with van der Waals surface area (Å²) in [5, 5.41) is 3.15. The molecule has 5 rings (SSSR count). The molecule has 2 fully saturated rings. The SMILES string of the molecule is O=C(c1ccccc1Cl)N(Cc1ccc(Cl)c(Cl)c1)N1C(=O)[C@@H]2[C@@H](C1=O)[C@H]1C=C[C@H]2C1. The van der Waals surface area contributed by atoms with E-state index in [0.29, 0.717) is 15.6 Å². The van der Waals surface area contributed by atoms with Gasteiger partial charge >= 0.3 is 0 Å². The van der Waals surface area contributed by atoms with Crippen molar-refractivity contribution in [2.45, 2.75) is 13.0 Å². The lowest BCUT2D eigenvalue weighted by Gasteiger charge is -2.31. The molecule has 0 spiro atoms. The number of hydrogen-bond donors (Lipinski definition) is 0. The zero-order valence-corrected chi connectivity index (χ0v) is 18.4. The summed E-state index contributed by atoms with van der Waals surface area (Å²) in [6.45, 7) is -0.0272. The molecule has 3 amide bonds. The lowest BCUT2D eigenvalue weighted by Crippen LogP contribution is -2.50. The Morgan fingerprint density at radius 3 is 2.16 bits per heavy atom. The lowest BCUT2D eigenvalue weighted by molar-refractivity contribution is -0.156. The number of carbonyl (C=O) groups excluding carboxylic acids is 3. The lowest BCUT2D eigenvalue weighted by atomic mass is 9.85. The number of rotatable bonds is 4. The number of allylic oxidation sites excluding steroid dienone is 2. The fourth-order valence-electron chi connectivity index (χ4n) is 4.94. The van der Waals surface area contributed by atoms with Crippen LogP contribution in [0.1, 0.15) is 22.3 Å². The predicted molar refractivity (Wildman–Crippen MR) is 117 cm³/mol. The Hall–Kier alpha value is -2.34. The average Bonchev–Trinajstić information content (AvgIpc) is 3.43. The summed E-state index contributed by atoms with van der Waals surface area (Å²) < 4.78 is 0. The van der Waals surface area contributed by atoms with Gasteiger partial charge in [-0.2, -0.15) is 5.01 Å². The molecule has 0 aromatic heterocycles. The fraction of sp³-hybridized carbons (Fsp3) is 0.261. The van der Waals surface area contributed by atoms with Gasteiger partial charge < -0.3 is 0 Å². The second-order valence-corrected chi connectivity index (χ2v) is 9.30. The largest absolute Gasteiger partial charge is 0.274 e. The Balaban J connectivity index is 1.55. The van der Waals surface area contributed by atoms with Crippen LogP contribution in [0.4, 0.5) is 0 Å². The highest BCUT2D eigenvalue weighted by molar-refractivity contribution is 6.42. The number of hydrogen-bond acceptors (Lipinski definition) is 3. The second kappa shape index (κ2) is 7.66. The quantitative estimate of drug-likeness (QED) is 0.461. The monoisotopic (exact) mass is 474 g/mol. The highest BCUT2D eigenvalue weighted by Crippen LogP contribution is 2.53. The number of hydrazine groups is 1. The van der Waals surface area contributed by atoms with Gasteiger partial charge in [-0.25, -0.2) is 5.01 Å². The molecule has 31 heavy (non-hydrogen) atoms. The summed E-state index contributed by atoms with van der Waals surface area (Å²) in [7, 11) is 0. The van der Waals surface area contributed by atoms with Crippen LogP contribution in [-0.4, -0.2) is 27.7 Å². The van der Waals surface area contributed by atoms with Crippen LogP contribution in [0.25, 0.3) is 0 Å². The third kappa shape index (κ3) is 3.27. The van der Waals surface area contributed by atoms with Crippen molar-refractivity contribution in [2.24, 2.45) is 23.7 Å². The molecule has 1 saturated carbocycles. The summed E-state index contributed by atoms with van der Waals surface area (Å²) in [6.07, 6.45) is 4.84. The van der Waals surface area contributed by atoms with Gasteiger partial charge in [0.1, 0.15) is 0 Å². The Labute approximate surface area is 194 Å². The maximum Gasteiger partial charge on any atom is 0.274 e. The van der Waals surface area contributed by atoms with Crippen molar-refractivity contribution in [3.63, 3.8) is 0 Å². The Kier molecular flexibility index (Phi) is 5.08. The van der Waals surface area contributed by atoms with E-state index in [-0.39, 0.29) is 40.8 Å². The van der Waals surface area contributed by atoms with Crippen LogP contribution in [0.15, 0.2) is 54.6 Å². The van der Waals surface area contributed by atoms with Crippen LogP contribution in [0, 0.1) is 23.7 Å². The normalized spacial score (nSPS) is 26.0. The molecule has 2 aliphatic carbocycles.